The number of ether oxygens (including phenoxy) is 2. The van der Waals surface area contributed by atoms with E-state index in [9.17, 15) is 0 Å². The Labute approximate surface area is 87.2 Å². The first kappa shape index (κ1) is 11.3. The van der Waals surface area contributed by atoms with E-state index in [4.69, 9.17) is 20.3 Å². The lowest BCUT2D eigenvalue weighted by molar-refractivity contribution is 0.310. The molecule has 0 bridgehead atoms. The summed E-state index contributed by atoms with van der Waals surface area (Å²) in [6, 6.07) is 0. The summed E-state index contributed by atoms with van der Waals surface area (Å²) in [6.45, 7) is 0.328. The molecular formula is C8H14N4O3. The van der Waals surface area contributed by atoms with Crippen LogP contribution in [0.3, 0.4) is 0 Å². The molecule has 0 aliphatic carbocycles. The molecule has 84 valence electrons. The van der Waals surface area contributed by atoms with Gasteiger partial charge in [0.25, 0.3) is 0 Å². The number of nitrogens with two attached hydrogens (primary N) is 1. The lowest BCUT2D eigenvalue weighted by Gasteiger charge is -2.10. The number of nitrogen functional groups attached to an aromatic ring is 1. The normalized spacial score (nSPS) is 9.80. The first-order valence-electron chi connectivity index (χ1n) is 4.33. The summed E-state index contributed by atoms with van der Waals surface area (Å²) >= 11 is 0. The van der Waals surface area contributed by atoms with Gasteiger partial charge in [-0.25, -0.2) is 0 Å². The number of methoxy groups -OCH3 is 2. The average Bonchev–Trinajstić information content (AvgIpc) is 2.27. The number of hydrogen-bond donors (Lipinski definition) is 3. The summed E-state index contributed by atoms with van der Waals surface area (Å²) in [5.74, 6) is 0.775. The van der Waals surface area contributed by atoms with Crippen molar-refractivity contribution in [2.24, 2.45) is 0 Å². The van der Waals surface area contributed by atoms with E-state index in [-0.39, 0.29) is 24.1 Å². The molecule has 0 aromatic carbocycles. The van der Waals surface area contributed by atoms with Crippen molar-refractivity contribution in [1.82, 2.24) is 9.97 Å². The maximum Gasteiger partial charge on any atom is 0.245 e. The first-order valence-corrected chi connectivity index (χ1v) is 4.33. The molecule has 1 heterocycles. The Bertz CT molecular complexity index is 307. The number of anilines is 2. The van der Waals surface area contributed by atoms with E-state index in [0.29, 0.717) is 12.5 Å². The van der Waals surface area contributed by atoms with E-state index in [1.165, 1.54) is 14.2 Å². The van der Waals surface area contributed by atoms with E-state index in [1.54, 1.807) is 0 Å². The summed E-state index contributed by atoms with van der Waals surface area (Å²) in [6.07, 6.45) is 0. The number of nitrogens with zero attached hydrogens (tertiary/aromatic N) is 2. The topological polar surface area (TPSA) is 103 Å². The van der Waals surface area contributed by atoms with Crippen molar-refractivity contribution < 1.29 is 14.6 Å². The predicted molar refractivity (Wildman–Crippen MR) is 55.1 cm³/mol. The molecule has 1 aromatic rings. The minimum Gasteiger partial charge on any atom is -0.479 e. The molecule has 0 unspecified atom stereocenters. The van der Waals surface area contributed by atoms with Gasteiger partial charge in [-0.05, 0) is 0 Å². The second-order valence-electron chi connectivity index (χ2n) is 2.63. The zero-order valence-corrected chi connectivity index (χ0v) is 8.65. The Hall–Kier alpha value is -1.76. The maximum atomic E-state index is 8.63. The summed E-state index contributed by atoms with van der Waals surface area (Å²) < 4.78 is 9.90. The Morgan fingerprint density at radius 1 is 1.27 bits per heavy atom. The van der Waals surface area contributed by atoms with Gasteiger partial charge in [-0.3, -0.25) is 0 Å². The molecular weight excluding hydrogens is 200 g/mol. The molecule has 0 aliphatic heterocycles. The number of aliphatic hydroxyl groups excluding tert-OH is 1. The third-order valence-corrected chi connectivity index (χ3v) is 1.66. The standard InChI is InChI=1S/C8H14N4O3/c1-14-6-5(9)7(15-2)12-8(11-6)10-3-4-13/h13H,3-4,9H2,1-2H3,(H,10,11,12). The van der Waals surface area contributed by atoms with E-state index in [2.05, 4.69) is 15.3 Å². The zero-order chi connectivity index (χ0) is 11.3. The number of aliphatic hydroxyl groups is 1. The van der Waals surface area contributed by atoms with Crippen LogP contribution >= 0.6 is 0 Å². The van der Waals surface area contributed by atoms with Crippen molar-refractivity contribution >= 4 is 11.6 Å². The van der Waals surface area contributed by atoms with Gasteiger partial charge < -0.3 is 25.6 Å². The lowest BCUT2D eigenvalue weighted by atomic mass is 10.5. The number of nitrogens with one attached hydrogen (secondary N) is 1. The van der Waals surface area contributed by atoms with Crippen LogP contribution in [0.5, 0.6) is 11.8 Å². The quantitative estimate of drug-likeness (QED) is 0.606. The van der Waals surface area contributed by atoms with Gasteiger partial charge in [0.15, 0.2) is 5.69 Å². The molecule has 7 heteroatoms. The van der Waals surface area contributed by atoms with Crippen molar-refractivity contribution in [3.05, 3.63) is 0 Å². The Kier molecular flexibility index (Phi) is 3.92. The van der Waals surface area contributed by atoms with Crippen molar-refractivity contribution in [2.45, 2.75) is 0 Å². The van der Waals surface area contributed by atoms with E-state index >= 15 is 0 Å². The van der Waals surface area contributed by atoms with Crippen molar-refractivity contribution in [3.63, 3.8) is 0 Å². The molecule has 0 amide bonds. The van der Waals surface area contributed by atoms with Crippen molar-refractivity contribution in [3.8, 4) is 11.8 Å². The largest absolute Gasteiger partial charge is 0.479 e. The van der Waals surface area contributed by atoms with E-state index in [1.807, 2.05) is 0 Å². The highest BCUT2D eigenvalue weighted by Crippen LogP contribution is 2.28. The Morgan fingerprint density at radius 2 is 1.80 bits per heavy atom. The van der Waals surface area contributed by atoms with Gasteiger partial charge in [0.1, 0.15) is 0 Å². The summed E-state index contributed by atoms with van der Waals surface area (Å²) in [7, 11) is 2.90. The fourth-order valence-corrected chi connectivity index (χ4v) is 0.987. The fraction of sp³-hybridized carbons (Fsp3) is 0.500. The summed E-state index contributed by atoms with van der Waals surface area (Å²) in [5, 5.41) is 11.4. The molecule has 0 radical (unpaired) electrons. The molecule has 1 rings (SSSR count). The summed E-state index contributed by atoms with van der Waals surface area (Å²) in [4.78, 5) is 7.95. The van der Waals surface area contributed by atoms with Gasteiger partial charge in [-0.2, -0.15) is 9.97 Å². The zero-order valence-electron chi connectivity index (χ0n) is 8.65. The average molecular weight is 214 g/mol. The molecule has 0 fully saturated rings. The minimum absolute atomic E-state index is 0.0155. The van der Waals surface area contributed by atoms with Crippen LogP contribution in [0.15, 0.2) is 0 Å². The van der Waals surface area contributed by atoms with Gasteiger partial charge in [-0.1, -0.05) is 0 Å². The molecule has 4 N–H and O–H groups in total. The minimum atomic E-state index is -0.0155. The molecule has 0 atom stereocenters. The number of rotatable bonds is 5. The van der Waals surface area contributed by atoms with Crippen LogP contribution in [-0.2, 0) is 0 Å². The molecule has 15 heavy (non-hydrogen) atoms. The molecule has 0 aliphatic rings. The Balaban J connectivity index is 2.98. The van der Waals surface area contributed by atoms with Crippen LogP contribution in [0.2, 0.25) is 0 Å². The molecule has 0 spiro atoms. The highest BCUT2D eigenvalue weighted by atomic mass is 16.5. The van der Waals surface area contributed by atoms with Gasteiger partial charge in [0, 0.05) is 6.54 Å². The van der Waals surface area contributed by atoms with Crippen molar-refractivity contribution in [2.75, 3.05) is 38.4 Å². The monoisotopic (exact) mass is 214 g/mol. The van der Waals surface area contributed by atoms with Gasteiger partial charge in [0.05, 0.1) is 20.8 Å². The Morgan fingerprint density at radius 3 is 2.20 bits per heavy atom. The van der Waals surface area contributed by atoms with Crippen LogP contribution in [0.1, 0.15) is 0 Å². The van der Waals surface area contributed by atoms with Crippen LogP contribution in [0.4, 0.5) is 11.6 Å². The highest BCUT2D eigenvalue weighted by molar-refractivity contribution is 5.58. The second kappa shape index (κ2) is 5.20. The second-order valence-corrected chi connectivity index (χ2v) is 2.63. The van der Waals surface area contributed by atoms with Gasteiger partial charge in [-0.15, -0.1) is 0 Å². The first-order chi connectivity index (χ1) is 7.22. The van der Waals surface area contributed by atoms with Crippen molar-refractivity contribution in [1.29, 1.82) is 0 Å². The van der Waals surface area contributed by atoms with Crippen LogP contribution in [-0.4, -0.2) is 42.4 Å². The predicted octanol–water partition coefficient (Wildman–Crippen LogP) is -0.520. The molecule has 7 nitrogen and oxygen atoms in total. The smallest absolute Gasteiger partial charge is 0.245 e. The fourth-order valence-electron chi connectivity index (χ4n) is 0.987. The molecule has 1 aromatic heterocycles. The number of hydrogen-bond acceptors (Lipinski definition) is 7. The van der Waals surface area contributed by atoms with Crippen LogP contribution in [0, 0.1) is 0 Å². The van der Waals surface area contributed by atoms with E-state index < -0.39 is 0 Å². The van der Waals surface area contributed by atoms with Crippen LogP contribution in [0.25, 0.3) is 0 Å². The summed E-state index contributed by atoms with van der Waals surface area (Å²) in [5.41, 5.74) is 5.89. The third kappa shape index (κ3) is 2.59. The SMILES string of the molecule is COc1nc(NCCO)nc(OC)c1N. The lowest BCUT2D eigenvalue weighted by Crippen LogP contribution is -2.11. The molecule has 0 saturated carbocycles. The van der Waals surface area contributed by atoms with Gasteiger partial charge in [0.2, 0.25) is 17.7 Å². The number of aromatic nitrogens is 2. The van der Waals surface area contributed by atoms with Gasteiger partial charge >= 0.3 is 0 Å². The highest BCUT2D eigenvalue weighted by Gasteiger charge is 2.12. The molecule has 0 saturated heterocycles. The maximum absolute atomic E-state index is 8.63. The third-order valence-electron chi connectivity index (χ3n) is 1.66. The van der Waals surface area contributed by atoms with E-state index in [0.717, 1.165) is 0 Å². The van der Waals surface area contributed by atoms with Crippen LogP contribution < -0.4 is 20.5 Å².